The van der Waals surface area contributed by atoms with Crippen LogP contribution in [0.15, 0.2) is 0 Å². The lowest BCUT2D eigenvalue weighted by atomic mass is 9.93. The van der Waals surface area contributed by atoms with Gasteiger partial charge in [0.2, 0.25) is 0 Å². The van der Waals surface area contributed by atoms with Gasteiger partial charge in [-0.3, -0.25) is 4.90 Å². The molecule has 0 aromatic heterocycles. The van der Waals surface area contributed by atoms with Gasteiger partial charge in [-0.15, -0.1) is 0 Å². The maximum absolute atomic E-state index is 6.19. The van der Waals surface area contributed by atoms with Gasteiger partial charge in [0, 0.05) is 44.3 Å². The number of hydrogen-bond donors (Lipinski definition) is 1. The summed E-state index contributed by atoms with van der Waals surface area (Å²) < 4.78 is 6.19. The maximum Gasteiger partial charge on any atom is 0.0787 e. The van der Waals surface area contributed by atoms with E-state index in [9.17, 15) is 0 Å². The molecule has 124 valence electrons. The molecule has 1 unspecified atom stereocenters. The maximum atomic E-state index is 6.19. The Hall–Kier alpha value is -0.160. The van der Waals surface area contributed by atoms with Gasteiger partial charge in [0.25, 0.3) is 0 Å². The Kier molecular flexibility index (Phi) is 4.75. The molecule has 4 nitrogen and oxygen atoms in total. The number of nitrogens with zero attached hydrogens (tertiary/aromatic N) is 2. The molecule has 2 aliphatic rings. The molecule has 0 amide bonds. The fraction of sp³-hybridized carbons (Fsp3) is 1.00. The molecule has 0 aromatic carbocycles. The van der Waals surface area contributed by atoms with Gasteiger partial charge in [-0.05, 0) is 55.0 Å². The van der Waals surface area contributed by atoms with Crippen molar-refractivity contribution in [2.45, 2.75) is 70.7 Å². The second-order valence-electron chi connectivity index (χ2n) is 8.71. The molecule has 0 spiro atoms. The first kappa shape index (κ1) is 17.2. The fourth-order valence-corrected chi connectivity index (χ4v) is 3.78. The number of piperazine rings is 1. The van der Waals surface area contributed by atoms with Crippen molar-refractivity contribution in [3.05, 3.63) is 0 Å². The Labute approximate surface area is 131 Å². The monoisotopic (exact) mass is 297 g/mol. The van der Waals surface area contributed by atoms with Gasteiger partial charge in [0.15, 0.2) is 0 Å². The standard InChI is InChI=1S/C17H35N3O/c1-15(2,20-10-8-19(7)9-11-20)13-18-14-12-16(3,4)21-17(14,5)6/h14,18H,8-13H2,1-7H3. The molecule has 1 N–H and O–H groups in total. The Morgan fingerprint density at radius 2 is 1.67 bits per heavy atom. The molecule has 0 aromatic rings. The summed E-state index contributed by atoms with van der Waals surface area (Å²) in [6.07, 6.45) is 1.08. The van der Waals surface area contributed by atoms with Crippen LogP contribution in [-0.4, -0.2) is 72.4 Å². The normalized spacial score (nSPS) is 30.7. The second-order valence-corrected chi connectivity index (χ2v) is 8.71. The third-order valence-electron chi connectivity index (χ3n) is 5.21. The molecule has 0 radical (unpaired) electrons. The highest BCUT2D eigenvalue weighted by Crippen LogP contribution is 2.37. The van der Waals surface area contributed by atoms with Crippen LogP contribution >= 0.6 is 0 Å². The van der Waals surface area contributed by atoms with E-state index in [0.717, 1.165) is 13.0 Å². The first-order chi connectivity index (χ1) is 9.52. The van der Waals surface area contributed by atoms with Crippen LogP contribution in [-0.2, 0) is 4.74 Å². The quantitative estimate of drug-likeness (QED) is 0.858. The largest absolute Gasteiger partial charge is 0.368 e. The SMILES string of the molecule is CN1CCN(C(C)(C)CNC2CC(C)(C)OC2(C)C)CC1. The summed E-state index contributed by atoms with van der Waals surface area (Å²) in [5.41, 5.74) is 0.102. The zero-order valence-corrected chi connectivity index (χ0v) is 15.1. The molecule has 21 heavy (non-hydrogen) atoms. The number of ether oxygens (including phenoxy) is 1. The molecule has 2 rings (SSSR count). The summed E-state index contributed by atoms with van der Waals surface area (Å²) in [5, 5.41) is 3.80. The second kappa shape index (κ2) is 5.80. The summed E-state index contributed by atoms with van der Waals surface area (Å²) in [4.78, 5) is 5.03. The van der Waals surface area contributed by atoms with Gasteiger partial charge in [0.05, 0.1) is 11.2 Å². The van der Waals surface area contributed by atoms with Crippen molar-refractivity contribution < 1.29 is 4.74 Å². The lowest BCUT2D eigenvalue weighted by Gasteiger charge is -2.44. The van der Waals surface area contributed by atoms with Gasteiger partial charge in [-0.2, -0.15) is 0 Å². The molecule has 2 saturated heterocycles. The van der Waals surface area contributed by atoms with Crippen LogP contribution in [0.5, 0.6) is 0 Å². The predicted molar refractivity (Wildman–Crippen MR) is 88.8 cm³/mol. The van der Waals surface area contributed by atoms with E-state index in [1.165, 1.54) is 26.2 Å². The van der Waals surface area contributed by atoms with Gasteiger partial charge < -0.3 is 15.0 Å². The van der Waals surface area contributed by atoms with Crippen LogP contribution in [0, 0.1) is 0 Å². The van der Waals surface area contributed by atoms with Crippen molar-refractivity contribution in [3.8, 4) is 0 Å². The summed E-state index contributed by atoms with van der Waals surface area (Å²) >= 11 is 0. The van der Waals surface area contributed by atoms with Crippen molar-refractivity contribution in [2.24, 2.45) is 0 Å². The molecule has 0 aliphatic carbocycles. The summed E-state index contributed by atoms with van der Waals surface area (Å²) in [5.74, 6) is 0. The summed E-state index contributed by atoms with van der Waals surface area (Å²) in [7, 11) is 2.21. The van der Waals surface area contributed by atoms with Crippen molar-refractivity contribution in [1.29, 1.82) is 0 Å². The summed E-state index contributed by atoms with van der Waals surface area (Å²) in [6.45, 7) is 19.2. The molecule has 2 fully saturated rings. The average Bonchev–Trinajstić information content (AvgIpc) is 2.55. The van der Waals surface area contributed by atoms with E-state index in [2.05, 4.69) is 63.7 Å². The number of likely N-dealkylation sites (N-methyl/N-ethyl adjacent to an activating group) is 1. The Bertz CT molecular complexity index is 357. The number of nitrogens with one attached hydrogen (secondary N) is 1. The van der Waals surface area contributed by atoms with Crippen molar-refractivity contribution >= 4 is 0 Å². The van der Waals surface area contributed by atoms with Crippen molar-refractivity contribution in [3.63, 3.8) is 0 Å². The van der Waals surface area contributed by atoms with Crippen molar-refractivity contribution in [2.75, 3.05) is 39.8 Å². The minimum atomic E-state index is -0.0817. The van der Waals surface area contributed by atoms with E-state index in [1.807, 2.05) is 0 Å². The lowest BCUT2D eigenvalue weighted by Crippen LogP contribution is -2.59. The van der Waals surface area contributed by atoms with E-state index in [1.54, 1.807) is 0 Å². The van der Waals surface area contributed by atoms with Crippen LogP contribution in [0.25, 0.3) is 0 Å². The number of rotatable bonds is 4. The highest BCUT2D eigenvalue weighted by atomic mass is 16.5. The average molecular weight is 297 g/mol. The van der Waals surface area contributed by atoms with E-state index in [4.69, 9.17) is 4.74 Å². The molecular formula is C17H35N3O. The highest BCUT2D eigenvalue weighted by Gasteiger charge is 2.46. The topological polar surface area (TPSA) is 27.7 Å². The fourth-order valence-electron chi connectivity index (χ4n) is 3.78. The Balaban J connectivity index is 1.89. The first-order valence-corrected chi connectivity index (χ1v) is 8.39. The molecule has 4 heteroatoms. The predicted octanol–water partition coefficient (Wildman–Crippen LogP) is 1.95. The highest BCUT2D eigenvalue weighted by molar-refractivity contribution is 5.00. The molecule has 2 aliphatic heterocycles. The molecule has 2 heterocycles. The Morgan fingerprint density at radius 3 is 2.14 bits per heavy atom. The Morgan fingerprint density at radius 1 is 1.10 bits per heavy atom. The van der Waals surface area contributed by atoms with Gasteiger partial charge in [-0.25, -0.2) is 0 Å². The molecule has 1 atom stereocenters. The minimum Gasteiger partial charge on any atom is -0.368 e. The molecule has 0 saturated carbocycles. The zero-order valence-electron chi connectivity index (χ0n) is 15.1. The summed E-state index contributed by atoms with van der Waals surface area (Å²) in [6, 6.07) is 0.430. The van der Waals surface area contributed by atoms with Crippen LogP contribution in [0.4, 0.5) is 0 Å². The molecular weight excluding hydrogens is 262 g/mol. The number of hydrogen-bond acceptors (Lipinski definition) is 4. The van der Waals surface area contributed by atoms with Gasteiger partial charge in [0.1, 0.15) is 0 Å². The third kappa shape index (κ3) is 4.19. The zero-order chi connectivity index (χ0) is 15.9. The molecule has 0 bridgehead atoms. The first-order valence-electron chi connectivity index (χ1n) is 8.39. The van der Waals surface area contributed by atoms with E-state index in [0.29, 0.717) is 6.04 Å². The van der Waals surface area contributed by atoms with E-state index < -0.39 is 0 Å². The van der Waals surface area contributed by atoms with Crippen LogP contribution in [0.1, 0.15) is 48.0 Å². The van der Waals surface area contributed by atoms with Crippen molar-refractivity contribution in [1.82, 2.24) is 15.1 Å². The lowest BCUT2D eigenvalue weighted by molar-refractivity contribution is -0.0705. The van der Waals surface area contributed by atoms with Gasteiger partial charge >= 0.3 is 0 Å². The van der Waals surface area contributed by atoms with Gasteiger partial charge in [-0.1, -0.05) is 0 Å². The van der Waals surface area contributed by atoms with E-state index in [-0.39, 0.29) is 16.7 Å². The van der Waals surface area contributed by atoms with Crippen LogP contribution < -0.4 is 5.32 Å². The minimum absolute atomic E-state index is 0.0147. The smallest absolute Gasteiger partial charge is 0.0787 e. The van der Waals surface area contributed by atoms with Crippen LogP contribution in [0.2, 0.25) is 0 Å². The third-order valence-corrected chi connectivity index (χ3v) is 5.21. The van der Waals surface area contributed by atoms with E-state index >= 15 is 0 Å². The van der Waals surface area contributed by atoms with Crippen LogP contribution in [0.3, 0.4) is 0 Å².